The van der Waals surface area contributed by atoms with Gasteiger partial charge in [0.2, 0.25) is 0 Å². The molecule has 0 aliphatic carbocycles. The monoisotopic (exact) mass is 169 g/mol. The lowest BCUT2D eigenvalue weighted by molar-refractivity contribution is 0.418. The number of aromatic nitrogens is 1. The zero-order chi connectivity index (χ0) is 9.26. The Labute approximate surface area is 78.0 Å². The Hall–Kier alpha value is -1.51. The van der Waals surface area contributed by atoms with Crippen molar-refractivity contribution in [1.82, 2.24) is 4.98 Å². The highest BCUT2D eigenvalue weighted by Crippen LogP contribution is 2.14. The molecule has 2 aromatic rings. The molecule has 0 fully saturated rings. The summed E-state index contributed by atoms with van der Waals surface area (Å²) < 4.78 is 5.09. The highest BCUT2D eigenvalue weighted by Gasteiger charge is 2.02. The number of hydrogen-bond donors (Lipinski definition) is 0. The van der Waals surface area contributed by atoms with Gasteiger partial charge in [0.25, 0.3) is 0 Å². The highest BCUT2D eigenvalue weighted by molar-refractivity contribution is 6.40. The van der Waals surface area contributed by atoms with Crippen molar-refractivity contribution in [1.29, 1.82) is 0 Å². The zero-order valence-electron chi connectivity index (χ0n) is 7.32. The van der Waals surface area contributed by atoms with E-state index in [1.165, 1.54) is 0 Å². The van der Waals surface area contributed by atoms with Gasteiger partial charge in [0, 0.05) is 6.20 Å². The van der Waals surface area contributed by atoms with Crippen LogP contribution < -0.4 is 10.2 Å². The fraction of sp³-hybridized carbons (Fsp3) is 0.100. The van der Waals surface area contributed by atoms with E-state index >= 15 is 0 Å². The predicted octanol–water partition coefficient (Wildman–Crippen LogP) is 1.04. The summed E-state index contributed by atoms with van der Waals surface area (Å²) in [7, 11) is 7.44. The lowest BCUT2D eigenvalue weighted by atomic mass is 9.92. The van der Waals surface area contributed by atoms with Crippen LogP contribution >= 0.6 is 0 Å². The van der Waals surface area contributed by atoms with Gasteiger partial charge >= 0.3 is 0 Å². The van der Waals surface area contributed by atoms with Crippen LogP contribution in [0, 0.1) is 0 Å². The number of pyridine rings is 1. The highest BCUT2D eigenvalue weighted by atomic mass is 16.5. The number of rotatable bonds is 1. The number of benzene rings is 1. The molecule has 2 nitrogen and oxygen atoms in total. The van der Waals surface area contributed by atoms with E-state index in [-0.39, 0.29) is 0 Å². The summed E-state index contributed by atoms with van der Waals surface area (Å²) in [6.45, 7) is 0. The molecule has 0 spiro atoms. The standard InChI is InChI=1S/C10H8BNO/c1-13-8-5-4-7-3-2-6-12-10(7)9(8)11/h2-6H,1H3. The molecule has 2 radical (unpaired) electrons. The fourth-order valence-corrected chi connectivity index (χ4v) is 1.33. The molecule has 0 saturated carbocycles. The van der Waals surface area contributed by atoms with Gasteiger partial charge in [-0.15, -0.1) is 0 Å². The first kappa shape index (κ1) is 8.11. The molecule has 3 heteroatoms. The quantitative estimate of drug-likeness (QED) is 0.595. The Morgan fingerprint density at radius 1 is 1.31 bits per heavy atom. The molecule has 0 bridgehead atoms. The van der Waals surface area contributed by atoms with Gasteiger partial charge in [-0.1, -0.05) is 6.07 Å². The summed E-state index contributed by atoms with van der Waals surface area (Å²) in [5.74, 6) is 0.672. The third kappa shape index (κ3) is 1.26. The van der Waals surface area contributed by atoms with Crippen LogP contribution in [0.25, 0.3) is 10.9 Å². The van der Waals surface area contributed by atoms with Gasteiger partial charge in [0.15, 0.2) is 0 Å². The molecule has 0 amide bonds. The van der Waals surface area contributed by atoms with E-state index in [9.17, 15) is 0 Å². The summed E-state index contributed by atoms with van der Waals surface area (Å²) in [5, 5.41) is 1.03. The fourth-order valence-electron chi connectivity index (χ4n) is 1.33. The number of ether oxygens (including phenoxy) is 1. The van der Waals surface area contributed by atoms with E-state index in [2.05, 4.69) is 4.98 Å². The van der Waals surface area contributed by atoms with Crippen LogP contribution in [0.15, 0.2) is 30.5 Å². The maximum absolute atomic E-state index is 5.84. The molecule has 0 atom stereocenters. The van der Waals surface area contributed by atoms with Gasteiger partial charge in [-0.3, -0.25) is 4.98 Å². The van der Waals surface area contributed by atoms with Crippen molar-refractivity contribution in [3.8, 4) is 5.75 Å². The molecular weight excluding hydrogens is 161 g/mol. The van der Waals surface area contributed by atoms with Crippen molar-refractivity contribution < 1.29 is 4.74 Å². The van der Waals surface area contributed by atoms with Crippen LogP contribution in [0.5, 0.6) is 5.75 Å². The van der Waals surface area contributed by atoms with Crippen molar-refractivity contribution in [2.24, 2.45) is 0 Å². The van der Waals surface area contributed by atoms with Gasteiger partial charge in [-0.25, -0.2) is 0 Å². The van der Waals surface area contributed by atoms with E-state index in [1.54, 1.807) is 13.3 Å². The smallest absolute Gasteiger partial charge is 0.122 e. The zero-order valence-corrected chi connectivity index (χ0v) is 7.32. The predicted molar refractivity (Wildman–Crippen MR) is 53.7 cm³/mol. The largest absolute Gasteiger partial charge is 0.497 e. The van der Waals surface area contributed by atoms with Gasteiger partial charge in [-0.2, -0.15) is 0 Å². The Kier molecular flexibility index (Phi) is 1.93. The molecule has 1 aromatic carbocycles. The van der Waals surface area contributed by atoms with E-state index in [0.717, 1.165) is 10.9 Å². The Morgan fingerprint density at radius 2 is 2.15 bits per heavy atom. The summed E-state index contributed by atoms with van der Waals surface area (Å²) in [4.78, 5) is 4.18. The third-order valence-electron chi connectivity index (χ3n) is 1.99. The average molecular weight is 169 g/mol. The first-order chi connectivity index (χ1) is 6.33. The van der Waals surface area contributed by atoms with Crippen LogP contribution in [-0.2, 0) is 0 Å². The average Bonchev–Trinajstić information content (AvgIpc) is 2.19. The molecule has 0 saturated heterocycles. The van der Waals surface area contributed by atoms with E-state index in [0.29, 0.717) is 11.2 Å². The summed E-state index contributed by atoms with van der Waals surface area (Å²) in [6.07, 6.45) is 1.72. The normalized spacial score (nSPS) is 10.2. The van der Waals surface area contributed by atoms with Gasteiger partial charge < -0.3 is 4.74 Å². The molecule has 2 rings (SSSR count). The van der Waals surface area contributed by atoms with Crippen LogP contribution in [-0.4, -0.2) is 19.9 Å². The molecule has 0 aliphatic rings. The van der Waals surface area contributed by atoms with Crippen LogP contribution in [0.1, 0.15) is 0 Å². The van der Waals surface area contributed by atoms with Crippen molar-refractivity contribution in [3.05, 3.63) is 30.5 Å². The van der Waals surface area contributed by atoms with Crippen LogP contribution in [0.2, 0.25) is 0 Å². The maximum Gasteiger partial charge on any atom is 0.122 e. The molecule has 1 aromatic heterocycles. The van der Waals surface area contributed by atoms with Crippen LogP contribution in [0.3, 0.4) is 0 Å². The van der Waals surface area contributed by atoms with Gasteiger partial charge in [0.1, 0.15) is 13.6 Å². The maximum atomic E-state index is 5.84. The number of hydrogen-bond acceptors (Lipinski definition) is 2. The van der Waals surface area contributed by atoms with Crippen molar-refractivity contribution in [2.45, 2.75) is 0 Å². The lowest BCUT2D eigenvalue weighted by Crippen LogP contribution is -2.09. The minimum absolute atomic E-state index is 0.598. The summed E-state index contributed by atoms with van der Waals surface area (Å²) >= 11 is 0. The Morgan fingerprint density at radius 3 is 2.92 bits per heavy atom. The summed E-state index contributed by atoms with van der Waals surface area (Å²) in [5.41, 5.74) is 1.39. The lowest BCUT2D eigenvalue weighted by Gasteiger charge is -2.06. The molecule has 0 N–H and O–H groups in total. The third-order valence-corrected chi connectivity index (χ3v) is 1.99. The van der Waals surface area contributed by atoms with Gasteiger partial charge in [-0.05, 0) is 29.0 Å². The first-order valence-corrected chi connectivity index (χ1v) is 4.00. The van der Waals surface area contributed by atoms with Crippen molar-refractivity contribution in [3.63, 3.8) is 0 Å². The summed E-state index contributed by atoms with van der Waals surface area (Å²) in [6, 6.07) is 7.64. The minimum atomic E-state index is 0.598. The molecule has 13 heavy (non-hydrogen) atoms. The molecule has 62 valence electrons. The van der Waals surface area contributed by atoms with E-state index in [1.807, 2.05) is 24.3 Å². The second-order valence-corrected chi connectivity index (χ2v) is 2.76. The Balaban J connectivity index is 2.79. The number of fused-ring (bicyclic) bond motifs is 1. The van der Waals surface area contributed by atoms with E-state index in [4.69, 9.17) is 12.6 Å². The topological polar surface area (TPSA) is 22.1 Å². The second-order valence-electron chi connectivity index (χ2n) is 2.76. The minimum Gasteiger partial charge on any atom is -0.497 e. The molecular formula is C10H8BNO. The van der Waals surface area contributed by atoms with E-state index < -0.39 is 0 Å². The van der Waals surface area contributed by atoms with Gasteiger partial charge in [0.05, 0.1) is 12.6 Å². The van der Waals surface area contributed by atoms with Crippen molar-refractivity contribution >= 4 is 24.2 Å². The first-order valence-electron chi connectivity index (χ1n) is 4.00. The van der Waals surface area contributed by atoms with Crippen molar-refractivity contribution in [2.75, 3.05) is 7.11 Å². The second kappa shape index (κ2) is 3.09. The Bertz CT molecular complexity index is 442. The number of methoxy groups -OCH3 is 1. The molecule has 0 unspecified atom stereocenters. The molecule has 1 heterocycles. The number of nitrogens with zero attached hydrogens (tertiary/aromatic N) is 1. The SMILES string of the molecule is [B]c1c(OC)ccc2cccnc12. The molecule has 0 aliphatic heterocycles. The van der Waals surface area contributed by atoms with Crippen LogP contribution in [0.4, 0.5) is 0 Å².